The van der Waals surface area contributed by atoms with Crippen LogP contribution in [0, 0.1) is 0 Å². The Morgan fingerprint density at radius 2 is 1.51 bits per heavy atom. The molecule has 8 nitrogen and oxygen atoms in total. The summed E-state index contributed by atoms with van der Waals surface area (Å²) in [5.74, 6) is -0.331. The smallest absolute Gasteiger partial charge is 0.343 e. The zero-order chi connectivity index (χ0) is 26.7. The quantitative estimate of drug-likeness (QED) is 0.239. The molecular formula is C28H25ClN2O6. The van der Waals surface area contributed by atoms with Crippen LogP contribution in [0.15, 0.2) is 77.5 Å². The molecule has 0 aliphatic carbocycles. The van der Waals surface area contributed by atoms with Crippen LogP contribution in [0.2, 0.25) is 0 Å². The molecule has 0 spiro atoms. The zero-order valence-corrected chi connectivity index (χ0v) is 21.5. The van der Waals surface area contributed by atoms with Crippen LogP contribution in [0.3, 0.4) is 0 Å². The summed E-state index contributed by atoms with van der Waals surface area (Å²) in [7, 11) is 2.90. The van der Waals surface area contributed by atoms with E-state index in [-0.39, 0.29) is 16.4 Å². The normalized spacial score (nSPS) is 13.3. The highest BCUT2D eigenvalue weighted by molar-refractivity contribution is 6.53. The van der Waals surface area contributed by atoms with Crippen molar-refractivity contribution in [3.8, 4) is 17.2 Å². The summed E-state index contributed by atoms with van der Waals surface area (Å²) >= 11 is 6.25. The zero-order valence-electron chi connectivity index (χ0n) is 20.7. The molecule has 3 aromatic carbocycles. The second-order valence-electron chi connectivity index (χ2n) is 8.49. The maximum Gasteiger partial charge on any atom is 0.343 e. The van der Waals surface area contributed by atoms with Gasteiger partial charge < -0.3 is 19.5 Å². The lowest BCUT2D eigenvalue weighted by molar-refractivity contribution is -0.120. The Morgan fingerprint density at radius 1 is 0.865 bits per heavy atom. The number of halogens is 1. The summed E-state index contributed by atoms with van der Waals surface area (Å²) in [6, 6.07) is 18.4. The van der Waals surface area contributed by atoms with Gasteiger partial charge in [-0.2, -0.15) is 0 Å². The summed E-state index contributed by atoms with van der Waals surface area (Å²) in [6.07, 6.45) is 0. The van der Waals surface area contributed by atoms with Crippen molar-refractivity contribution in [2.24, 2.45) is 0 Å². The average Bonchev–Trinajstić information content (AvgIpc) is 3.11. The predicted octanol–water partition coefficient (Wildman–Crippen LogP) is 5.48. The van der Waals surface area contributed by atoms with Gasteiger partial charge in [0.2, 0.25) is 0 Å². The fourth-order valence-corrected chi connectivity index (χ4v) is 3.93. The Morgan fingerprint density at radius 3 is 2.11 bits per heavy atom. The van der Waals surface area contributed by atoms with Crippen molar-refractivity contribution in [2.45, 2.75) is 19.8 Å². The van der Waals surface area contributed by atoms with Gasteiger partial charge in [-0.05, 0) is 60.0 Å². The van der Waals surface area contributed by atoms with E-state index >= 15 is 0 Å². The maximum absolute atomic E-state index is 13.2. The van der Waals surface area contributed by atoms with Gasteiger partial charge in [-0.15, -0.1) is 0 Å². The lowest BCUT2D eigenvalue weighted by atomic mass is 10.0. The summed E-state index contributed by atoms with van der Waals surface area (Å²) in [4.78, 5) is 39.5. The fourth-order valence-electron chi connectivity index (χ4n) is 3.72. The van der Waals surface area contributed by atoms with Crippen LogP contribution in [0.1, 0.15) is 35.7 Å². The number of methoxy groups -OCH3 is 2. The van der Waals surface area contributed by atoms with E-state index in [1.165, 1.54) is 20.3 Å². The molecule has 3 aromatic rings. The van der Waals surface area contributed by atoms with E-state index in [0.29, 0.717) is 34.4 Å². The molecule has 190 valence electrons. The summed E-state index contributed by atoms with van der Waals surface area (Å²) < 4.78 is 16.0. The van der Waals surface area contributed by atoms with E-state index < -0.39 is 17.8 Å². The molecule has 0 saturated heterocycles. The number of hydrogen-bond donors (Lipinski definition) is 1. The van der Waals surface area contributed by atoms with Gasteiger partial charge in [-0.25, -0.2) is 9.69 Å². The van der Waals surface area contributed by atoms with Crippen molar-refractivity contribution in [1.29, 1.82) is 0 Å². The molecule has 1 heterocycles. The molecular weight excluding hydrogens is 496 g/mol. The predicted molar refractivity (Wildman–Crippen MR) is 140 cm³/mol. The third kappa shape index (κ3) is 5.29. The topological polar surface area (TPSA) is 94.2 Å². The van der Waals surface area contributed by atoms with Crippen LogP contribution in [0.25, 0.3) is 0 Å². The Hall–Kier alpha value is -4.30. The molecule has 4 rings (SSSR count). The SMILES string of the molecule is COc1ccc(OC)c(N2C(=O)C(Cl)=C(Nc3ccc(C(=O)Oc4ccc(C(C)C)cc4)cc3)C2=O)c1. The van der Waals surface area contributed by atoms with Crippen molar-refractivity contribution < 1.29 is 28.6 Å². The molecule has 0 atom stereocenters. The largest absolute Gasteiger partial charge is 0.497 e. The molecule has 0 fully saturated rings. The number of esters is 1. The minimum atomic E-state index is -0.704. The first kappa shape index (κ1) is 25.8. The van der Waals surface area contributed by atoms with Gasteiger partial charge >= 0.3 is 5.97 Å². The van der Waals surface area contributed by atoms with Gasteiger partial charge in [0.15, 0.2) is 0 Å². The second kappa shape index (κ2) is 10.8. The van der Waals surface area contributed by atoms with E-state index in [4.69, 9.17) is 25.8 Å². The standard InChI is InChI=1S/C28H25ClN2O6/c1-16(2)17-7-11-20(12-8-17)37-28(34)18-5-9-19(10-6-18)30-25-24(29)26(32)31(27(25)33)22-15-21(35-3)13-14-23(22)36-4/h5-16,30H,1-4H3. The van der Waals surface area contributed by atoms with E-state index in [9.17, 15) is 14.4 Å². The van der Waals surface area contributed by atoms with E-state index in [0.717, 1.165) is 10.5 Å². The van der Waals surface area contributed by atoms with Crippen LogP contribution in [0.4, 0.5) is 11.4 Å². The number of imide groups is 1. The van der Waals surface area contributed by atoms with E-state index in [1.54, 1.807) is 48.5 Å². The van der Waals surface area contributed by atoms with Crippen LogP contribution < -0.4 is 24.4 Å². The van der Waals surface area contributed by atoms with Gasteiger partial charge in [0.05, 0.1) is 25.5 Å². The number of ether oxygens (including phenoxy) is 3. The maximum atomic E-state index is 13.2. The van der Waals surface area contributed by atoms with Crippen LogP contribution in [0.5, 0.6) is 17.2 Å². The minimum Gasteiger partial charge on any atom is -0.497 e. The van der Waals surface area contributed by atoms with Gasteiger partial charge in [0, 0.05) is 11.8 Å². The van der Waals surface area contributed by atoms with Crippen LogP contribution in [-0.4, -0.2) is 32.0 Å². The fraction of sp³-hybridized carbons (Fsp3) is 0.179. The molecule has 0 aromatic heterocycles. The van der Waals surface area contributed by atoms with Gasteiger partial charge in [0.1, 0.15) is 28.0 Å². The number of nitrogens with zero attached hydrogens (tertiary/aromatic N) is 1. The highest BCUT2D eigenvalue weighted by Crippen LogP contribution is 2.38. The van der Waals surface area contributed by atoms with Gasteiger partial charge in [-0.1, -0.05) is 37.6 Å². The van der Waals surface area contributed by atoms with Gasteiger partial charge in [-0.3, -0.25) is 9.59 Å². The number of hydrogen-bond acceptors (Lipinski definition) is 7. The first-order valence-electron chi connectivity index (χ1n) is 11.4. The third-order valence-electron chi connectivity index (χ3n) is 5.80. The molecule has 0 radical (unpaired) electrons. The molecule has 0 unspecified atom stereocenters. The lowest BCUT2D eigenvalue weighted by Crippen LogP contribution is -2.32. The van der Waals surface area contributed by atoms with Crippen molar-refractivity contribution in [2.75, 3.05) is 24.4 Å². The number of carbonyl (C=O) groups is 3. The van der Waals surface area contributed by atoms with E-state index in [2.05, 4.69) is 19.2 Å². The third-order valence-corrected chi connectivity index (χ3v) is 6.15. The number of carbonyl (C=O) groups excluding carboxylic acids is 3. The van der Waals surface area contributed by atoms with Crippen LogP contribution in [-0.2, 0) is 9.59 Å². The molecule has 0 saturated carbocycles. The first-order chi connectivity index (χ1) is 17.7. The minimum absolute atomic E-state index is 0.0999. The molecule has 1 aliphatic rings. The number of anilines is 2. The Bertz CT molecular complexity index is 1380. The van der Waals surface area contributed by atoms with Crippen LogP contribution >= 0.6 is 11.6 Å². The number of benzene rings is 3. The average molecular weight is 521 g/mol. The summed E-state index contributed by atoms with van der Waals surface area (Å²) in [5, 5.41) is 2.61. The highest BCUT2D eigenvalue weighted by atomic mass is 35.5. The molecule has 1 aliphatic heterocycles. The molecule has 0 bridgehead atoms. The Labute approximate surface area is 219 Å². The first-order valence-corrected chi connectivity index (χ1v) is 11.8. The lowest BCUT2D eigenvalue weighted by Gasteiger charge is -2.19. The highest BCUT2D eigenvalue weighted by Gasteiger charge is 2.40. The van der Waals surface area contributed by atoms with Crippen molar-refractivity contribution in [3.63, 3.8) is 0 Å². The van der Waals surface area contributed by atoms with Crippen molar-refractivity contribution >= 4 is 40.8 Å². The summed E-state index contributed by atoms with van der Waals surface area (Å²) in [5.41, 5.74) is 2.01. The number of rotatable bonds is 8. The van der Waals surface area contributed by atoms with E-state index in [1.807, 2.05) is 12.1 Å². The van der Waals surface area contributed by atoms with Crippen molar-refractivity contribution in [3.05, 3.63) is 88.6 Å². The van der Waals surface area contributed by atoms with Gasteiger partial charge in [0.25, 0.3) is 11.8 Å². The Balaban J connectivity index is 1.48. The number of amides is 2. The summed E-state index contributed by atoms with van der Waals surface area (Å²) in [6.45, 7) is 4.17. The monoisotopic (exact) mass is 520 g/mol. The number of nitrogens with one attached hydrogen (secondary N) is 1. The Kier molecular flexibility index (Phi) is 7.50. The molecule has 37 heavy (non-hydrogen) atoms. The molecule has 9 heteroatoms. The molecule has 1 N–H and O–H groups in total. The second-order valence-corrected chi connectivity index (χ2v) is 8.87. The van der Waals surface area contributed by atoms with Crippen molar-refractivity contribution in [1.82, 2.24) is 0 Å². The molecule has 2 amide bonds.